The van der Waals surface area contributed by atoms with Gasteiger partial charge in [-0.3, -0.25) is 9.67 Å². The van der Waals surface area contributed by atoms with Gasteiger partial charge >= 0.3 is 0 Å². The number of aryl methyl sites for hydroxylation is 1. The molecule has 1 N–H and O–H groups in total. The molecule has 0 aliphatic heterocycles. The highest BCUT2D eigenvalue weighted by Crippen LogP contribution is 2.11. The minimum Gasteiger partial charge on any atom is -0.485 e. The van der Waals surface area contributed by atoms with E-state index in [2.05, 4.69) is 27.1 Å². The molecule has 0 fully saturated rings. The van der Waals surface area contributed by atoms with Crippen LogP contribution in [0.4, 0.5) is 0 Å². The normalized spacial score (nSPS) is 9.67. The Kier molecular flexibility index (Phi) is 3.89. The lowest BCUT2D eigenvalue weighted by Crippen LogP contribution is -1.96. The number of nitrogens with zero attached hydrogens (tertiary/aromatic N) is 4. The molecule has 2 rings (SSSR count). The molecule has 0 unspecified atom stereocenters. The third-order valence-corrected chi connectivity index (χ3v) is 2.06. The summed E-state index contributed by atoms with van der Waals surface area (Å²) in [4.78, 5) is 4.00. The Morgan fingerprint density at radius 2 is 2.33 bits per heavy atom. The summed E-state index contributed by atoms with van der Waals surface area (Å²) >= 11 is 0. The molecular formula is C12H12N4O2. The maximum atomic E-state index is 8.61. The zero-order valence-electron chi connectivity index (χ0n) is 9.87. The van der Waals surface area contributed by atoms with Crippen molar-refractivity contribution in [1.29, 1.82) is 0 Å². The van der Waals surface area contributed by atoms with Gasteiger partial charge in [-0.25, -0.2) is 0 Å². The lowest BCUT2D eigenvalue weighted by Gasteiger charge is -2.03. The first kappa shape index (κ1) is 12.1. The van der Waals surface area contributed by atoms with Gasteiger partial charge in [-0.2, -0.15) is 0 Å². The van der Waals surface area contributed by atoms with Gasteiger partial charge in [0.2, 0.25) is 0 Å². The van der Waals surface area contributed by atoms with Crippen LogP contribution in [-0.2, 0) is 13.7 Å². The van der Waals surface area contributed by atoms with E-state index >= 15 is 0 Å². The topological polar surface area (TPSA) is 73.1 Å². The summed E-state index contributed by atoms with van der Waals surface area (Å²) in [6, 6.07) is 1.76. The molecule has 2 aromatic rings. The molecule has 6 nitrogen and oxygen atoms in total. The van der Waals surface area contributed by atoms with Crippen molar-refractivity contribution in [3.05, 3.63) is 35.9 Å². The average molecular weight is 244 g/mol. The molecule has 0 saturated carbocycles. The zero-order valence-corrected chi connectivity index (χ0v) is 9.87. The van der Waals surface area contributed by atoms with Gasteiger partial charge in [0.25, 0.3) is 0 Å². The van der Waals surface area contributed by atoms with Crippen molar-refractivity contribution < 1.29 is 9.84 Å². The summed E-state index contributed by atoms with van der Waals surface area (Å²) in [5.41, 5.74) is 1.44. The predicted octanol–water partition coefficient (Wildman–Crippen LogP) is 0.133. The Morgan fingerprint density at radius 3 is 3.06 bits per heavy atom. The third-order valence-electron chi connectivity index (χ3n) is 2.06. The van der Waals surface area contributed by atoms with Crippen LogP contribution < -0.4 is 4.74 Å². The molecule has 2 aromatic heterocycles. The van der Waals surface area contributed by atoms with Crippen molar-refractivity contribution in [2.75, 3.05) is 6.61 Å². The van der Waals surface area contributed by atoms with Crippen molar-refractivity contribution in [3.63, 3.8) is 0 Å². The second kappa shape index (κ2) is 5.80. The van der Waals surface area contributed by atoms with E-state index in [0.29, 0.717) is 17.9 Å². The highest BCUT2D eigenvalue weighted by Gasteiger charge is 2.00. The summed E-state index contributed by atoms with van der Waals surface area (Å²) in [6.07, 6.45) is 4.99. The molecule has 0 atom stereocenters. The van der Waals surface area contributed by atoms with Gasteiger partial charge in [-0.15, -0.1) is 5.10 Å². The van der Waals surface area contributed by atoms with Gasteiger partial charge in [0, 0.05) is 18.8 Å². The van der Waals surface area contributed by atoms with Crippen LogP contribution in [0.1, 0.15) is 11.3 Å². The fourth-order valence-corrected chi connectivity index (χ4v) is 1.33. The van der Waals surface area contributed by atoms with Gasteiger partial charge in [0.1, 0.15) is 24.7 Å². The number of rotatable bonds is 3. The second-order valence-electron chi connectivity index (χ2n) is 3.54. The van der Waals surface area contributed by atoms with Crippen LogP contribution in [-0.4, -0.2) is 31.7 Å². The maximum absolute atomic E-state index is 8.61. The van der Waals surface area contributed by atoms with E-state index in [9.17, 15) is 0 Å². The van der Waals surface area contributed by atoms with Crippen LogP contribution in [0.3, 0.4) is 0 Å². The quantitative estimate of drug-likeness (QED) is 0.777. The molecule has 0 amide bonds. The van der Waals surface area contributed by atoms with Crippen LogP contribution in [0.15, 0.2) is 24.7 Å². The van der Waals surface area contributed by atoms with E-state index in [1.54, 1.807) is 36.4 Å². The van der Waals surface area contributed by atoms with Crippen LogP contribution in [0.5, 0.6) is 5.75 Å². The largest absolute Gasteiger partial charge is 0.485 e. The number of aromatic nitrogens is 4. The Morgan fingerprint density at radius 1 is 1.44 bits per heavy atom. The fraction of sp³-hybridized carbons (Fsp3) is 0.250. The van der Waals surface area contributed by atoms with Gasteiger partial charge in [-0.05, 0) is 6.07 Å². The third kappa shape index (κ3) is 3.30. The van der Waals surface area contributed by atoms with Crippen LogP contribution in [0.25, 0.3) is 0 Å². The van der Waals surface area contributed by atoms with E-state index in [0.717, 1.165) is 5.69 Å². The minimum absolute atomic E-state index is 0.176. The van der Waals surface area contributed by atoms with E-state index in [-0.39, 0.29) is 6.61 Å². The minimum atomic E-state index is -0.176. The van der Waals surface area contributed by atoms with Crippen molar-refractivity contribution in [2.45, 2.75) is 6.61 Å². The van der Waals surface area contributed by atoms with Crippen LogP contribution >= 0.6 is 0 Å². The monoisotopic (exact) mass is 244 g/mol. The molecule has 0 aliphatic rings. The van der Waals surface area contributed by atoms with Gasteiger partial charge in [0.05, 0.1) is 12.4 Å². The maximum Gasteiger partial charge on any atom is 0.139 e. The van der Waals surface area contributed by atoms with Gasteiger partial charge in [-0.1, -0.05) is 17.1 Å². The van der Waals surface area contributed by atoms with E-state index in [4.69, 9.17) is 9.84 Å². The lowest BCUT2D eigenvalue weighted by molar-refractivity contribution is 0.300. The molecule has 0 saturated heterocycles. The Bertz CT molecular complexity index is 583. The predicted molar refractivity (Wildman–Crippen MR) is 63.5 cm³/mol. The summed E-state index contributed by atoms with van der Waals surface area (Å²) in [5.74, 6) is 5.92. The number of aliphatic hydroxyl groups is 1. The first-order valence-corrected chi connectivity index (χ1v) is 5.30. The summed E-state index contributed by atoms with van der Waals surface area (Å²) in [5, 5.41) is 16.3. The van der Waals surface area contributed by atoms with Gasteiger partial charge in [0.15, 0.2) is 0 Å². The molecule has 0 radical (unpaired) electrons. The summed E-state index contributed by atoms with van der Waals surface area (Å²) < 4.78 is 7.13. The smallest absolute Gasteiger partial charge is 0.139 e. The van der Waals surface area contributed by atoms with Gasteiger partial charge < -0.3 is 9.84 Å². The molecule has 0 aliphatic carbocycles. The zero-order chi connectivity index (χ0) is 12.8. The Hall–Kier alpha value is -2.39. The highest BCUT2D eigenvalue weighted by molar-refractivity contribution is 5.36. The molecule has 0 spiro atoms. The van der Waals surface area contributed by atoms with E-state index < -0.39 is 0 Å². The van der Waals surface area contributed by atoms with Crippen molar-refractivity contribution in [1.82, 2.24) is 20.0 Å². The Balaban J connectivity index is 2.01. The first-order valence-electron chi connectivity index (χ1n) is 5.30. The summed E-state index contributed by atoms with van der Waals surface area (Å²) in [7, 11) is 1.79. The fourth-order valence-electron chi connectivity index (χ4n) is 1.33. The Labute approximate surface area is 104 Å². The molecule has 18 heavy (non-hydrogen) atoms. The van der Waals surface area contributed by atoms with E-state index in [1.807, 2.05) is 0 Å². The molecule has 92 valence electrons. The van der Waals surface area contributed by atoms with Crippen molar-refractivity contribution in [2.24, 2.45) is 7.05 Å². The summed E-state index contributed by atoms with van der Waals surface area (Å²) in [6.45, 7) is 0.150. The van der Waals surface area contributed by atoms with Crippen LogP contribution in [0.2, 0.25) is 0 Å². The number of ether oxygens (including phenoxy) is 1. The van der Waals surface area contributed by atoms with Crippen molar-refractivity contribution in [3.8, 4) is 17.6 Å². The first-order chi connectivity index (χ1) is 8.78. The van der Waals surface area contributed by atoms with E-state index in [1.165, 1.54) is 0 Å². The standard InChI is InChI=1S/C12H12N4O2/c1-16-8-11(14-15-16)9-18-12-5-10(3-2-4-17)6-13-7-12/h5-8,17H,4,9H2,1H3. The molecule has 0 bridgehead atoms. The number of aliphatic hydroxyl groups excluding tert-OH is 1. The average Bonchev–Trinajstić information content (AvgIpc) is 2.80. The number of hydrogen-bond acceptors (Lipinski definition) is 5. The SMILES string of the molecule is Cn1cc(COc2cncc(C#CCO)c2)nn1. The molecular weight excluding hydrogens is 232 g/mol. The highest BCUT2D eigenvalue weighted by atomic mass is 16.5. The molecule has 6 heteroatoms. The lowest BCUT2D eigenvalue weighted by atomic mass is 10.3. The number of hydrogen-bond donors (Lipinski definition) is 1. The van der Waals surface area contributed by atoms with Crippen molar-refractivity contribution >= 4 is 0 Å². The molecule has 0 aromatic carbocycles. The van der Waals surface area contributed by atoms with Crippen LogP contribution in [0, 0.1) is 11.8 Å². The number of pyridine rings is 1. The molecule has 2 heterocycles. The second-order valence-corrected chi connectivity index (χ2v) is 3.54.